The molecule has 1 aromatic carbocycles. The van der Waals surface area contributed by atoms with Gasteiger partial charge in [0.15, 0.2) is 0 Å². The minimum atomic E-state index is -0.114. The lowest BCUT2D eigenvalue weighted by molar-refractivity contribution is -0.114. The molecule has 22 heavy (non-hydrogen) atoms. The summed E-state index contributed by atoms with van der Waals surface area (Å²) in [6.45, 7) is 3.38. The van der Waals surface area contributed by atoms with Gasteiger partial charge < -0.3 is 10.6 Å². The molecule has 0 saturated heterocycles. The average molecular weight is 315 g/mol. The highest BCUT2D eigenvalue weighted by Gasteiger charge is 2.26. The highest BCUT2D eigenvalue weighted by molar-refractivity contribution is 7.15. The van der Waals surface area contributed by atoms with E-state index in [9.17, 15) is 9.59 Å². The van der Waals surface area contributed by atoms with Gasteiger partial charge in [0.25, 0.3) is 5.91 Å². The van der Waals surface area contributed by atoms with Crippen LogP contribution in [0.5, 0.6) is 0 Å². The van der Waals surface area contributed by atoms with Crippen molar-refractivity contribution >= 4 is 28.8 Å². The maximum atomic E-state index is 12.1. The molecule has 2 aromatic rings. The van der Waals surface area contributed by atoms with Gasteiger partial charge in [-0.3, -0.25) is 9.59 Å². The zero-order valence-corrected chi connectivity index (χ0v) is 13.3. The Labute approximate surface area is 132 Å². The molecule has 0 atom stereocenters. The molecule has 1 heterocycles. The van der Waals surface area contributed by atoms with Crippen LogP contribution in [0.3, 0.4) is 0 Å². The van der Waals surface area contributed by atoms with Gasteiger partial charge >= 0.3 is 0 Å². The standard InChI is InChI=1S/C16H17N3O2S/c1-9-14(15(21)18-12-6-7-12)19-16(22-9)11-4-3-5-13(8-11)17-10(2)20/h3-5,8,12H,6-7H2,1-2H3,(H,17,20)(H,18,21). The van der Waals surface area contributed by atoms with E-state index in [0.29, 0.717) is 11.7 Å². The van der Waals surface area contributed by atoms with Crippen molar-refractivity contribution in [2.75, 3.05) is 5.32 Å². The lowest BCUT2D eigenvalue weighted by atomic mass is 10.2. The van der Waals surface area contributed by atoms with Crippen LogP contribution < -0.4 is 10.6 Å². The fourth-order valence-electron chi connectivity index (χ4n) is 2.15. The van der Waals surface area contributed by atoms with Gasteiger partial charge in [0, 0.05) is 29.1 Å². The first kappa shape index (κ1) is 14.7. The number of hydrogen-bond donors (Lipinski definition) is 2. The number of nitrogens with zero attached hydrogens (tertiary/aromatic N) is 1. The van der Waals surface area contributed by atoms with E-state index in [1.807, 2.05) is 31.2 Å². The van der Waals surface area contributed by atoms with E-state index < -0.39 is 0 Å². The maximum Gasteiger partial charge on any atom is 0.271 e. The van der Waals surface area contributed by atoms with Crippen molar-refractivity contribution in [2.24, 2.45) is 0 Å². The summed E-state index contributed by atoms with van der Waals surface area (Å²) in [6.07, 6.45) is 2.11. The van der Waals surface area contributed by atoms with Crippen LogP contribution in [-0.2, 0) is 4.79 Å². The van der Waals surface area contributed by atoms with Gasteiger partial charge in [-0.05, 0) is 31.9 Å². The van der Waals surface area contributed by atoms with Crippen LogP contribution in [0.1, 0.15) is 35.1 Å². The first-order chi connectivity index (χ1) is 10.5. The van der Waals surface area contributed by atoms with E-state index in [2.05, 4.69) is 15.6 Å². The first-order valence-electron chi connectivity index (χ1n) is 7.19. The maximum absolute atomic E-state index is 12.1. The summed E-state index contributed by atoms with van der Waals surface area (Å²) in [4.78, 5) is 28.7. The molecule has 5 nitrogen and oxygen atoms in total. The van der Waals surface area contributed by atoms with E-state index >= 15 is 0 Å². The Morgan fingerprint density at radius 1 is 1.32 bits per heavy atom. The van der Waals surface area contributed by atoms with Crippen molar-refractivity contribution in [3.8, 4) is 10.6 Å². The number of benzene rings is 1. The van der Waals surface area contributed by atoms with Gasteiger partial charge in [-0.2, -0.15) is 0 Å². The second kappa shape index (κ2) is 5.88. The fraction of sp³-hybridized carbons (Fsp3) is 0.312. The summed E-state index contributed by atoms with van der Waals surface area (Å²) < 4.78 is 0. The van der Waals surface area contributed by atoms with E-state index in [1.54, 1.807) is 0 Å². The van der Waals surface area contributed by atoms with Gasteiger partial charge in [-0.15, -0.1) is 11.3 Å². The Bertz CT molecular complexity index is 735. The molecule has 1 fully saturated rings. The summed E-state index contributed by atoms with van der Waals surface area (Å²) in [5, 5.41) is 6.50. The van der Waals surface area contributed by atoms with Crippen LogP contribution in [0.4, 0.5) is 5.69 Å². The number of nitrogens with one attached hydrogen (secondary N) is 2. The van der Waals surface area contributed by atoms with E-state index in [0.717, 1.165) is 34.0 Å². The largest absolute Gasteiger partial charge is 0.348 e. The fourth-order valence-corrected chi connectivity index (χ4v) is 3.05. The summed E-state index contributed by atoms with van der Waals surface area (Å²) in [7, 11) is 0. The third kappa shape index (κ3) is 3.33. The third-order valence-electron chi connectivity index (χ3n) is 3.35. The molecule has 6 heteroatoms. The molecule has 2 amide bonds. The molecule has 1 saturated carbocycles. The second-order valence-corrected chi connectivity index (χ2v) is 6.64. The Morgan fingerprint density at radius 3 is 2.77 bits per heavy atom. The Morgan fingerprint density at radius 2 is 2.09 bits per heavy atom. The molecule has 1 aliphatic rings. The van der Waals surface area contributed by atoms with Crippen molar-refractivity contribution in [3.63, 3.8) is 0 Å². The highest BCUT2D eigenvalue weighted by Crippen LogP contribution is 2.30. The number of carbonyl (C=O) groups is 2. The number of rotatable bonds is 4. The van der Waals surface area contributed by atoms with Crippen molar-refractivity contribution in [1.29, 1.82) is 0 Å². The quantitative estimate of drug-likeness (QED) is 0.911. The Kier molecular flexibility index (Phi) is 3.94. The Hall–Kier alpha value is -2.21. The number of anilines is 1. The van der Waals surface area contributed by atoms with Crippen molar-refractivity contribution < 1.29 is 9.59 Å². The number of amides is 2. The van der Waals surface area contributed by atoms with Crippen LogP contribution >= 0.6 is 11.3 Å². The normalized spacial score (nSPS) is 13.7. The SMILES string of the molecule is CC(=O)Nc1cccc(-c2nc(C(=O)NC3CC3)c(C)s2)c1. The minimum absolute atomic E-state index is 0.0967. The van der Waals surface area contributed by atoms with Crippen LogP contribution in [0.15, 0.2) is 24.3 Å². The molecule has 3 rings (SSSR count). The minimum Gasteiger partial charge on any atom is -0.348 e. The zero-order valence-electron chi connectivity index (χ0n) is 12.5. The molecular formula is C16H17N3O2S. The molecule has 0 aliphatic heterocycles. The molecule has 2 N–H and O–H groups in total. The molecule has 0 unspecified atom stereocenters. The third-order valence-corrected chi connectivity index (χ3v) is 4.37. The van der Waals surface area contributed by atoms with Gasteiger partial charge in [-0.1, -0.05) is 12.1 Å². The van der Waals surface area contributed by atoms with E-state index in [1.165, 1.54) is 18.3 Å². The summed E-state index contributed by atoms with van der Waals surface area (Å²) in [5.41, 5.74) is 2.11. The van der Waals surface area contributed by atoms with Gasteiger partial charge in [-0.25, -0.2) is 4.98 Å². The average Bonchev–Trinajstić information content (AvgIpc) is 3.18. The highest BCUT2D eigenvalue weighted by atomic mass is 32.1. The topological polar surface area (TPSA) is 71.1 Å². The number of thiazole rings is 1. The number of hydrogen-bond acceptors (Lipinski definition) is 4. The second-order valence-electron chi connectivity index (χ2n) is 5.43. The van der Waals surface area contributed by atoms with E-state index in [4.69, 9.17) is 0 Å². The summed E-state index contributed by atoms with van der Waals surface area (Å²) >= 11 is 1.49. The summed E-state index contributed by atoms with van der Waals surface area (Å²) in [6, 6.07) is 7.79. The van der Waals surface area contributed by atoms with Crippen molar-refractivity contribution in [2.45, 2.75) is 32.7 Å². The monoisotopic (exact) mass is 315 g/mol. The molecule has 0 spiro atoms. The van der Waals surface area contributed by atoms with Crippen molar-refractivity contribution in [1.82, 2.24) is 10.3 Å². The molecular weight excluding hydrogens is 298 g/mol. The number of aromatic nitrogens is 1. The van der Waals surface area contributed by atoms with Crippen LogP contribution in [-0.4, -0.2) is 22.8 Å². The Balaban J connectivity index is 1.85. The molecule has 114 valence electrons. The first-order valence-corrected chi connectivity index (χ1v) is 8.01. The molecule has 0 radical (unpaired) electrons. The summed E-state index contributed by atoms with van der Waals surface area (Å²) in [5.74, 6) is -0.211. The number of aryl methyl sites for hydroxylation is 1. The lowest BCUT2D eigenvalue weighted by Gasteiger charge is -2.03. The van der Waals surface area contributed by atoms with Gasteiger partial charge in [0.05, 0.1) is 0 Å². The van der Waals surface area contributed by atoms with Crippen LogP contribution in [0.25, 0.3) is 10.6 Å². The predicted molar refractivity (Wildman–Crippen MR) is 87.1 cm³/mol. The number of carbonyl (C=O) groups excluding carboxylic acids is 2. The molecule has 0 bridgehead atoms. The molecule has 1 aliphatic carbocycles. The van der Waals surface area contributed by atoms with E-state index in [-0.39, 0.29) is 11.8 Å². The molecule has 1 aromatic heterocycles. The van der Waals surface area contributed by atoms with Gasteiger partial charge in [0.1, 0.15) is 10.7 Å². The predicted octanol–water partition coefficient (Wildman–Crippen LogP) is 2.97. The smallest absolute Gasteiger partial charge is 0.271 e. The van der Waals surface area contributed by atoms with Crippen LogP contribution in [0.2, 0.25) is 0 Å². The van der Waals surface area contributed by atoms with Crippen molar-refractivity contribution in [3.05, 3.63) is 34.8 Å². The van der Waals surface area contributed by atoms with Gasteiger partial charge in [0.2, 0.25) is 5.91 Å². The lowest BCUT2D eigenvalue weighted by Crippen LogP contribution is -2.26. The zero-order chi connectivity index (χ0) is 15.7. The van der Waals surface area contributed by atoms with Crippen LogP contribution in [0, 0.1) is 6.92 Å².